The van der Waals surface area contributed by atoms with E-state index in [1.807, 2.05) is 0 Å². The van der Waals surface area contributed by atoms with Crippen LogP contribution < -0.4 is 5.32 Å². The zero-order valence-corrected chi connectivity index (χ0v) is 15.5. The molecule has 0 unspecified atom stereocenters. The number of nitrogens with zero attached hydrogens (tertiary/aromatic N) is 1. The quantitative estimate of drug-likeness (QED) is 0.756. The van der Waals surface area contributed by atoms with Gasteiger partial charge in [0, 0.05) is 32.5 Å². The molecule has 0 spiro atoms. The first-order valence-electron chi connectivity index (χ1n) is 8.27. The molecule has 0 heterocycles. The number of hydrogen-bond acceptors (Lipinski definition) is 5. The van der Waals surface area contributed by atoms with Gasteiger partial charge in [-0.1, -0.05) is 12.1 Å². The summed E-state index contributed by atoms with van der Waals surface area (Å²) < 4.78 is 10.0. The number of methoxy groups -OCH3 is 1. The van der Waals surface area contributed by atoms with Gasteiger partial charge in [0.2, 0.25) is 0 Å². The Morgan fingerprint density at radius 2 is 1.52 bits per heavy atom. The van der Waals surface area contributed by atoms with Crippen molar-refractivity contribution in [2.24, 2.45) is 0 Å². The van der Waals surface area contributed by atoms with E-state index in [0.717, 1.165) is 5.56 Å². The highest BCUT2D eigenvalue weighted by atomic mass is 16.5. The molecule has 0 bridgehead atoms. The van der Waals surface area contributed by atoms with Gasteiger partial charge in [-0.2, -0.15) is 0 Å². The first-order chi connectivity index (χ1) is 12.9. The molecule has 1 N–H and O–H groups in total. The van der Waals surface area contributed by atoms with Crippen molar-refractivity contribution in [2.75, 3.05) is 33.1 Å². The van der Waals surface area contributed by atoms with Crippen molar-refractivity contribution < 1.29 is 23.9 Å². The Kier molecular flexibility index (Phi) is 7.08. The van der Waals surface area contributed by atoms with Gasteiger partial charge < -0.3 is 19.7 Å². The maximum Gasteiger partial charge on any atom is 0.338 e. The van der Waals surface area contributed by atoms with E-state index < -0.39 is 18.5 Å². The Morgan fingerprint density at radius 1 is 0.926 bits per heavy atom. The van der Waals surface area contributed by atoms with Crippen molar-refractivity contribution in [1.82, 2.24) is 4.90 Å². The second kappa shape index (κ2) is 9.49. The number of rotatable bonds is 7. The van der Waals surface area contributed by atoms with E-state index in [1.54, 1.807) is 69.7 Å². The number of carbonyl (C=O) groups excluding carboxylic acids is 3. The van der Waals surface area contributed by atoms with E-state index in [2.05, 4.69) is 5.32 Å². The van der Waals surface area contributed by atoms with Crippen molar-refractivity contribution in [3.8, 4) is 0 Å². The van der Waals surface area contributed by atoms with Gasteiger partial charge in [-0.3, -0.25) is 9.59 Å². The number of nitrogens with one attached hydrogen (secondary N) is 1. The number of benzene rings is 2. The monoisotopic (exact) mass is 370 g/mol. The molecule has 2 amide bonds. The van der Waals surface area contributed by atoms with Crippen LogP contribution in [0.1, 0.15) is 26.3 Å². The maximum absolute atomic E-state index is 12.0. The highest BCUT2D eigenvalue weighted by Crippen LogP contribution is 2.11. The van der Waals surface area contributed by atoms with Crippen molar-refractivity contribution in [1.29, 1.82) is 0 Å². The summed E-state index contributed by atoms with van der Waals surface area (Å²) >= 11 is 0. The molecule has 27 heavy (non-hydrogen) atoms. The third-order valence-corrected chi connectivity index (χ3v) is 3.66. The summed E-state index contributed by atoms with van der Waals surface area (Å²) in [7, 11) is 4.92. The van der Waals surface area contributed by atoms with Crippen molar-refractivity contribution in [2.45, 2.75) is 6.61 Å². The molecule has 7 nitrogen and oxygen atoms in total. The molecule has 0 aliphatic carbocycles. The lowest BCUT2D eigenvalue weighted by atomic mass is 10.1. The minimum Gasteiger partial charge on any atom is -0.452 e. The van der Waals surface area contributed by atoms with Gasteiger partial charge in [0.1, 0.15) is 0 Å². The van der Waals surface area contributed by atoms with Crippen LogP contribution in [0.25, 0.3) is 0 Å². The minimum atomic E-state index is -0.582. The van der Waals surface area contributed by atoms with Gasteiger partial charge in [-0.15, -0.1) is 0 Å². The van der Waals surface area contributed by atoms with Crippen molar-refractivity contribution >= 4 is 23.5 Å². The minimum absolute atomic E-state index is 0.127. The van der Waals surface area contributed by atoms with Crippen LogP contribution in [0.4, 0.5) is 5.69 Å². The number of anilines is 1. The summed E-state index contributed by atoms with van der Waals surface area (Å²) in [6.07, 6.45) is 0. The van der Waals surface area contributed by atoms with Crippen LogP contribution in [0.3, 0.4) is 0 Å². The largest absolute Gasteiger partial charge is 0.452 e. The van der Waals surface area contributed by atoms with Crippen molar-refractivity contribution in [3.05, 3.63) is 65.2 Å². The number of hydrogen-bond donors (Lipinski definition) is 1. The van der Waals surface area contributed by atoms with E-state index in [9.17, 15) is 14.4 Å². The first-order valence-corrected chi connectivity index (χ1v) is 8.27. The lowest BCUT2D eigenvalue weighted by molar-refractivity contribution is -0.119. The van der Waals surface area contributed by atoms with E-state index in [0.29, 0.717) is 23.4 Å². The second-order valence-corrected chi connectivity index (χ2v) is 6.03. The molecule has 2 aromatic carbocycles. The van der Waals surface area contributed by atoms with Crippen LogP contribution >= 0.6 is 0 Å². The Hall–Kier alpha value is -3.19. The fraction of sp³-hybridized carbons (Fsp3) is 0.250. The Labute approximate surface area is 157 Å². The molecular weight excluding hydrogens is 348 g/mol. The molecule has 2 aromatic rings. The van der Waals surface area contributed by atoms with Crippen LogP contribution in [0.15, 0.2) is 48.5 Å². The number of esters is 1. The van der Waals surface area contributed by atoms with Crippen LogP contribution in [0, 0.1) is 0 Å². The van der Waals surface area contributed by atoms with Crippen LogP contribution in [0.5, 0.6) is 0 Å². The molecule has 0 atom stereocenters. The van der Waals surface area contributed by atoms with Gasteiger partial charge in [-0.25, -0.2) is 4.79 Å². The van der Waals surface area contributed by atoms with E-state index in [-0.39, 0.29) is 5.91 Å². The fourth-order valence-electron chi connectivity index (χ4n) is 2.27. The van der Waals surface area contributed by atoms with Gasteiger partial charge in [0.05, 0.1) is 12.2 Å². The smallest absolute Gasteiger partial charge is 0.338 e. The molecule has 0 radical (unpaired) electrons. The van der Waals surface area contributed by atoms with Gasteiger partial charge in [0.25, 0.3) is 11.8 Å². The predicted octanol–water partition coefficient (Wildman–Crippen LogP) is 2.33. The highest BCUT2D eigenvalue weighted by Gasteiger charge is 2.11. The summed E-state index contributed by atoms with van der Waals surface area (Å²) in [6.45, 7) is 0.0493. The second-order valence-electron chi connectivity index (χ2n) is 6.03. The third kappa shape index (κ3) is 5.93. The molecule has 0 aromatic heterocycles. The highest BCUT2D eigenvalue weighted by molar-refractivity contribution is 5.97. The molecule has 0 aliphatic rings. The third-order valence-electron chi connectivity index (χ3n) is 3.66. The van der Waals surface area contributed by atoms with Gasteiger partial charge >= 0.3 is 5.97 Å². The zero-order valence-electron chi connectivity index (χ0n) is 15.5. The topological polar surface area (TPSA) is 84.9 Å². The van der Waals surface area contributed by atoms with Crippen LogP contribution in [-0.2, 0) is 20.9 Å². The summed E-state index contributed by atoms with van der Waals surface area (Å²) in [4.78, 5) is 37.2. The lowest BCUT2D eigenvalue weighted by Gasteiger charge is -2.11. The van der Waals surface area contributed by atoms with E-state index in [4.69, 9.17) is 9.47 Å². The molecule has 0 aliphatic heterocycles. The SMILES string of the molecule is COCc1ccc(C(=O)OCC(=O)Nc2ccc(C(=O)N(C)C)cc2)cc1. The Bertz CT molecular complexity index is 798. The average Bonchev–Trinajstić information content (AvgIpc) is 2.67. The summed E-state index contributed by atoms with van der Waals surface area (Å²) in [5.74, 6) is -1.18. The summed E-state index contributed by atoms with van der Waals surface area (Å²) in [5, 5.41) is 2.61. The molecule has 0 saturated heterocycles. The zero-order chi connectivity index (χ0) is 19.8. The average molecular weight is 370 g/mol. The van der Waals surface area contributed by atoms with Crippen molar-refractivity contribution in [3.63, 3.8) is 0 Å². The standard InChI is InChI=1S/C20H22N2O5/c1-22(2)19(24)15-8-10-17(11-9-15)21-18(23)13-27-20(25)16-6-4-14(5-7-16)12-26-3/h4-11H,12-13H2,1-3H3,(H,21,23). The normalized spacial score (nSPS) is 10.2. The molecule has 142 valence electrons. The van der Waals surface area contributed by atoms with Gasteiger partial charge in [-0.05, 0) is 42.0 Å². The van der Waals surface area contributed by atoms with Crippen LogP contribution in [-0.4, -0.2) is 50.5 Å². The molecule has 0 fully saturated rings. The van der Waals surface area contributed by atoms with Gasteiger partial charge in [0.15, 0.2) is 6.61 Å². The van der Waals surface area contributed by atoms with Crippen LogP contribution in [0.2, 0.25) is 0 Å². The number of carbonyl (C=O) groups is 3. The molecule has 2 rings (SSSR count). The summed E-state index contributed by atoms with van der Waals surface area (Å²) in [5.41, 5.74) is 2.31. The number of ether oxygens (including phenoxy) is 2. The van der Waals surface area contributed by atoms with E-state index in [1.165, 1.54) is 4.90 Å². The molecule has 7 heteroatoms. The summed E-state index contributed by atoms with van der Waals surface area (Å²) in [6, 6.07) is 13.2. The molecule has 0 saturated carbocycles. The lowest BCUT2D eigenvalue weighted by Crippen LogP contribution is -2.22. The first kappa shape index (κ1) is 20.1. The molecular formula is C20H22N2O5. The predicted molar refractivity (Wildman–Crippen MR) is 101 cm³/mol. The van der Waals surface area contributed by atoms with E-state index >= 15 is 0 Å². The fourth-order valence-corrected chi connectivity index (χ4v) is 2.27. The Morgan fingerprint density at radius 3 is 2.07 bits per heavy atom. The Balaban J connectivity index is 1.85. The maximum atomic E-state index is 12.0. The number of amides is 2.